The molecule has 37 heavy (non-hydrogen) atoms. The van der Waals surface area contributed by atoms with Crippen molar-refractivity contribution in [3.8, 4) is 11.5 Å². The second-order valence-electron chi connectivity index (χ2n) is 8.86. The minimum absolute atomic E-state index is 0.0760. The summed E-state index contributed by atoms with van der Waals surface area (Å²) in [7, 11) is 2.92. The van der Waals surface area contributed by atoms with E-state index in [4.69, 9.17) is 19.3 Å². The Balaban J connectivity index is 2.45. The highest BCUT2D eigenvalue weighted by Gasteiger charge is 2.40. The highest BCUT2D eigenvalue weighted by molar-refractivity contribution is 14.1. The van der Waals surface area contributed by atoms with Crippen molar-refractivity contribution in [2.75, 3.05) is 40.5 Å². The number of aliphatic hydroxyl groups excluding tert-OH is 3. The van der Waals surface area contributed by atoms with Crippen molar-refractivity contribution in [3.63, 3.8) is 0 Å². The molecule has 0 fully saturated rings. The van der Waals surface area contributed by atoms with E-state index in [0.29, 0.717) is 32.8 Å². The van der Waals surface area contributed by atoms with Crippen LogP contribution in [0.5, 0.6) is 11.5 Å². The molecule has 0 heterocycles. The molecule has 2 amide bonds. The molecule has 0 unspecified atom stereocenters. The summed E-state index contributed by atoms with van der Waals surface area (Å²) in [5.41, 5.74) is 0.983. The number of carbonyl (C=O) groups is 2. The first kappa shape index (κ1) is 31.3. The topological polar surface area (TPSA) is 138 Å². The van der Waals surface area contributed by atoms with Gasteiger partial charge in [-0.25, -0.2) is 0 Å². The molecule has 0 saturated heterocycles. The van der Waals surface area contributed by atoms with Crippen LogP contribution in [0.1, 0.15) is 44.6 Å². The number of nitrogens with zero attached hydrogens (tertiary/aromatic N) is 1. The maximum absolute atomic E-state index is 13.0. The van der Waals surface area contributed by atoms with Gasteiger partial charge in [-0.3, -0.25) is 9.59 Å². The lowest BCUT2D eigenvalue weighted by Gasteiger charge is -2.40. The molecule has 1 aromatic rings. The lowest BCUT2D eigenvalue weighted by Crippen LogP contribution is -2.56. The van der Waals surface area contributed by atoms with Crippen molar-refractivity contribution in [1.82, 2.24) is 10.2 Å². The van der Waals surface area contributed by atoms with E-state index >= 15 is 0 Å². The van der Waals surface area contributed by atoms with Crippen molar-refractivity contribution in [2.24, 2.45) is 0 Å². The van der Waals surface area contributed by atoms with Crippen molar-refractivity contribution >= 4 is 34.4 Å². The summed E-state index contributed by atoms with van der Waals surface area (Å²) in [6.07, 6.45) is 3.33. The second kappa shape index (κ2) is 16.1. The Morgan fingerprint density at radius 3 is 2.57 bits per heavy atom. The summed E-state index contributed by atoms with van der Waals surface area (Å²) in [6.45, 7) is 2.05. The number of nitrogens with one attached hydrogen (secondary N) is 1. The number of benzene rings is 1. The van der Waals surface area contributed by atoms with Crippen LogP contribution in [-0.4, -0.2) is 90.8 Å². The average Bonchev–Trinajstić information content (AvgIpc) is 2.89. The molecule has 3 atom stereocenters. The van der Waals surface area contributed by atoms with Gasteiger partial charge in [-0.1, -0.05) is 26.2 Å². The zero-order valence-corrected chi connectivity index (χ0v) is 23.9. The Labute approximate surface area is 232 Å². The molecule has 1 aromatic carbocycles. The fourth-order valence-corrected chi connectivity index (χ4v) is 5.08. The lowest BCUT2D eigenvalue weighted by atomic mass is 9.88. The minimum atomic E-state index is -1.14. The zero-order valence-electron chi connectivity index (χ0n) is 21.7. The Morgan fingerprint density at radius 1 is 1.19 bits per heavy atom. The number of methoxy groups -OCH3 is 2. The van der Waals surface area contributed by atoms with Crippen molar-refractivity contribution < 1.29 is 39.1 Å². The molecular weight excluding hydrogens is 595 g/mol. The quantitative estimate of drug-likeness (QED) is 0.169. The third kappa shape index (κ3) is 8.81. The SMILES string of the molecule is CCCCCCN(C(=O)COC)[C@@H]1CC(C(=O)NCCO)=C[C@H](Oc2c(I)cc(CO)cc2OC)[C@H]1O. The van der Waals surface area contributed by atoms with Crippen LogP contribution in [0, 0.1) is 3.57 Å². The van der Waals surface area contributed by atoms with E-state index in [0.717, 1.165) is 25.7 Å². The van der Waals surface area contributed by atoms with Crippen molar-refractivity contribution in [2.45, 2.75) is 63.9 Å². The number of carbonyl (C=O) groups excluding carboxylic acids is 2. The van der Waals surface area contributed by atoms with Gasteiger partial charge in [0.2, 0.25) is 11.8 Å². The molecule has 0 spiro atoms. The third-order valence-electron chi connectivity index (χ3n) is 6.18. The Bertz CT molecular complexity index is 926. The Hall–Kier alpha value is -1.93. The molecule has 0 aliphatic heterocycles. The van der Waals surface area contributed by atoms with E-state index in [1.54, 1.807) is 23.1 Å². The van der Waals surface area contributed by atoms with Gasteiger partial charge in [-0.15, -0.1) is 0 Å². The normalized spacial score (nSPS) is 19.2. The number of amides is 2. The number of hydrogen-bond donors (Lipinski definition) is 4. The summed E-state index contributed by atoms with van der Waals surface area (Å²) < 4.78 is 17.4. The van der Waals surface area contributed by atoms with Crippen LogP contribution in [0.2, 0.25) is 0 Å². The van der Waals surface area contributed by atoms with Gasteiger partial charge in [0.25, 0.3) is 0 Å². The van der Waals surface area contributed by atoms with Crippen LogP contribution in [-0.2, 0) is 20.9 Å². The largest absolute Gasteiger partial charge is 0.493 e. The molecule has 0 aromatic heterocycles. The molecule has 0 bridgehead atoms. The van der Waals surface area contributed by atoms with E-state index in [1.165, 1.54) is 14.2 Å². The van der Waals surface area contributed by atoms with Crippen LogP contribution in [0.4, 0.5) is 0 Å². The van der Waals surface area contributed by atoms with Gasteiger partial charge < -0.3 is 39.7 Å². The predicted octanol–water partition coefficient (Wildman–Crippen LogP) is 1.76. The summed E-state index contributed by atoms with van der Waals surface area (Å²) >= 11 is 2.06. The first-order valence-electron chi connectivity index (χ1n) is 12.5. The van der Waals surface area contributed by atoms with Gasteiger partial charge in [-0.05, 0) is 52.8 Å². The molecule has 4 N–H and O–H groups in total. The van der Waals surface area contributed by atoms with Crippen LogP contribution in [0.3, 0.4) is 0 Å². The molecule has 0 saturated carbocycles. The maximum atomic E-state index is 13.0. The second-order valence-corrected chi connectivity index (χ2v) is 10.0. The molecule has 208 valence electrons. The van der Waals surface area contributed by atoms with Gasteiger partial charge in [0, 0.05) is 32.2 Å². The molecule has 11 heteroatoms. The minimum Gasteiger partial charge on any atom is -0.493 e. The Morgan fingerprint density at radius 2 is 1.95 bits per heavy atom. The fraction of sp³-hybridized carbons (Fsp3) is 0.615. The average molecular weight is 635 g/mol. The summed E-state index contributed by atoms with van der Waals surface area (Å²) in [5.74, 6) is 0.0474. The van der Waals surface area contributed by atoms with Crippen LogP contribution < -0.4 is 14.8 Å². The van der Waals surface area contributed by atoms with E-state index in [-0.39, 0.29) is 38.7 Å². The van der Waals surface area contributed by atoms with Crippen molar-refractivity contribution in [3.05, 3.63) is 32.9 Å². The third-order valence-corrected chi connectivity index (χ3v) is 6.98. The maximum Gasteiger partial charge on any atom is 0.248 e. The number of halogens is 1. The highest BCUT2D eigenvalue weighted by Crippen LogP contribution is 2.37. The van der Waals surface area contributed by atoms with Gasteiger partial charge in [0.15, 0.2) is 11.5 Å². The molecule has 10 nitrogen and oxygen atoms in total. The predicted molar refractivity (Wildman–Crippen MR) is 146 cm³/mol. The van der Waals surface area contributed by atoms with Crippen LogP contribution in [0.25, 0.3) is 0 Å². The number of rotatable bonds is 15. The molecule has 1 aliphatic rings. The van der Waals surface area contributed by atoms with Gasteiger partial charge in [0.05, 0.1) is 29.9 Å². The molecule has 0 radical (unpaired) electrons. The fourth-order valence-electron chi connectivity index (χ4n) is 4.29. The van der Waals surface area contributed by atoms with Gasteiger partial charge in [-0.2, -0.15) is 0 Å². The van der Waals surface area contributed by atoms with Crippen LogP contribution >= 0.6 is 22.6 Å². The number of ether oxygens (including phenoxy) is 3. The van der Waals surface area contributed by atoms with Gasteiger partial charge >= 0.3 is 0 Å². The summed E-state index contributed by atoms with van der Waals surface area (Å²) in [5, 5.41) is 32.8. The Kier molecular flexibility index (Phi) is 13.6. The van der Waals surface area contributed by atoms with Gasteiger partial charge in [0.1, 0.15) is 18.8 Å². The van der Waals surface area contributed by atoms with E-state index in [1.807, 2.05) is 0 Å². The summed E-state index contributed by atoms with van der Waals surface area (Å²) in [4.78, 5) is 27.5. The molecule has 2 rings (SSSR count). The highest BCUT2D eigenvalue weighted by atomic mass is 127. The zero-order chi connectivity index (χ0) is 27.4. The first-order chi connectivity index (χ1) is 17.8. The lowest BCUT2D eigenvalue weighted by molar-refractivity contribution is -0.142. The van der Waals surface area contributed by atoms with Crippen molar-refractivity contribution in [1.29, 1.82) is 0 Å². The first-order valence-corrected chi connectivity index (χ1v) is 13.6. The number of unbranched alkanes of at least 4 members (excludes halogenated alkanes) is 3. The van der Waals surface area contributed by atoms with E-state index in [9.17, 15) is 19.8 Å². The van der Waals surface area contributed by atoms with E-state index < -0.39 is 24.2 Å². The van der Waals surface area contributed by atoms with E-state index in [2.05, 4.69) is 34.8 Å². The molecular formula is C26H39IN2O8. The summed E-state index contributed by atoms with van der Waals surface area (Å²) in [6, 6.07) is 2.66. The number of hydrogen-bond acceptors (Lipinski definition) is 8. The molecule has 1 aliphatic carbocycles. The smallest absolute Gasteiger partial charge is 0.248 e. The van der Waals surface area contributed by atoms with Crippen LogP contribution in [0.15, 0.2) is 23.8 Å². The monoisotopic (exact) mass is 634 g/mol. The standard InChI is InChI=1S/C26H39IN2O8/c1-4-5-6-7-9-29(23(32)16-35-2)20-13-18(26(34)28-8-10-30)14-21(24(20)33)37-25-19(27)11-17(15-31)12-22(25)36-3/h11-12,14,20-21,24,30-31,33H,4-10,13,15-16H2,1-3H3,(H,28,34)/t20-,21+,24+/m1/s1. The number of aliphatic hydroxyl groups is 3.